The highest BCUT2D eigenvalue weighted by molar-refractivity contribution is 5.83. The third-order valence-corrected chi connectivity index (χ3v) is 3.68. The van der Waals surface area contributed by atoms with Gasteiger partial charge in [0.25, 0.3) is 0 Å². The maximum Gasteiger partial charge on any atom is 0.228 e. The summed E-state index contributed by atoms with van der Waals surface area (Å²) >= 11 is 0. The Kier molecular flexibility index (Phi) is 3.23. The van der Waals surface area contributed by atoms with Gasteiger partial charge >= 0.3 is 0 Å². The number of aryl methyl sites for hydroxylation is 1. The van der Waals surface area contributed by atoms with Gasteiger partial charge in [-0.25, -0.2) is 0 Å². The van der Waals surface area contributed by atoms with Gasteiger partial charge in [-0.3, -0.25) is 4.79 Å². The lowest BCUT2D eigenvalue weighted by molar-refractivity contribution is -0.135. The molecule has 1 aromatic rings. The van der Waals surface area contributed by atoms with Crippen LogP contribution in [-0.2, 0) is 17.8 Å². The predicted molar refractivity (Wildman–Crippen MR) is 69.6 cm³/mol. The minimum absolute atomic E-state index is 0.163. The molecule has 2 nitrogen and oxygen atoms in total. The van der Waals surface area contributed by atoms with Crippen molar-refractivity contribution in [3.8, 4) is 0 Å². The van der Waals surface area contributed by atoms with E-state index in [1.165, 1.54) is 11.1 Å². The molecule has 0 N–H and O–H groups in total. The van der Waals surface area contributed by atoms with Crippen LogP contribution in [0.4, 0.5) is 0 Å². The molecule has 0 saturated carbocycles. The Bertz CT molecular complexity index is 405. The smallest absolute Gasteiger partial charge is 0.228 e. The van der Waals surface area contributed by atoms with Crippen LogP contribution >= 0.6 is 0 Å². The highest BCUT2D eigenvalue weighted by Gasteiger charge is 2.38. The second-order valence-electron chi connectivity index (χ2n) is 5.53. The van der Waals surface area contributed by atoms with Gasteiger partial charge in [0.1, 0.15) is 0 Å². The number of nitrogens with zero attached hydrogens (tertiary/aromatic N) is 1. The minimum atomic E-state index is -0.163. The van der Waals surface area contributed by atoms with E-state index in [1.54, 1.807) is 0 Å². The van der Waals surface area contributed by atoms with Crippen LogP contribution in [0.1, 0.15) is 38.3 Å². The molecule has 1 fully saturated rings. The molecule has 1 saturated heterocycles. The molecule has 17 heavy (non-hydrogen) atoms. The van der Waals surface area contributed by atoms with Crippen molar-refractivity contribution in [2.45, 2.75) is 40.2 Å². The normalized spacial score (nSPS) is 18.8. The zero-order chi connectivity index (χ0) is 12.5. The average Bonchev–Trinajstić information content (AvgIpc) is 2.57. The van der Waals surface area contributed by atoms with Crippen LogP contribution < -0.4 is 0 Å². The second kappa shape index (κ2) is 4.52. The first kappa shape index (κ1) is 12.2. The monoisotopic (exact) mass is 231 g/mol. The molecular weight excluding hydrogens is 210 g/mol. The Morgan fingerprint density at radius 1 is 1.18 bits per heavy atom. The molecule has 0 atom stereocenters. The van der Waals surface area contributed by atoms with E-state index in [9.17, 15) is 4.79 Å². The average molecular weight is 231 g/mol. The number of carbonyl (C=O) groups excluding carboxylic acids is 1. The van der Waals surface area contributed by atoms with Crippen molar-refractivity contribution in [3.63, 3.8) is 0 Å². The van der Waals surface area contributed by atoms with E-state index >= 15 is 0 Å². The van der Waals surface area contributed by atoms with E-state index in [0.29, 0.717) is 0 Å². The first-order valence-corrected chi connectivity index (χ1v) is 6.40. The maximum atomic E-state index is 12.1. The van der Waals surface area contributed by atoms with Crippen molar-refractivity contribution < 1.29 is 4.79 Å². The topological polar surface area (TPSA) is 20.3 Å². The quantitative estimate of drug-likeness (QED) is 0.783. The van der Waals surface area contributed by atoms with Crippen molar-refractivity contribution in [2.24, 2.45) is 5.41 Å². The molecule has 2 rings (SSSR count). The highest BCUT2D eigenvalue weighted by atomic mass is 16.2. The molecular formula is C15H21NO. The van der Waals surface area contributed by atoms with Crippen molar-refractivity contribution in [1.82, 2.24) is 4.90 Å². The van der Waals surface area contributed by atoms with Crippen LogP contribution in [-0.4, -0.2) is 17.4 Å². The summed E-state index contributed by atoms with van der Waals surface area (Å²) in [5.41, 5.74) is 2.42. The molecule has 0 bridgehead atoms. The van der Waals surface area contributed by atoms with Crippen molar-refractivity contribution in [3.05, 3.63) is 35.4 Å². The Hall–Kier alpha value is -1.31. The number of amides is 1. The minimum Gasteiger partial charge on any atom is -0.338 e. The number of hydrogen-bond acceptors (Lipinski definition) is 1. The van der Waals surface area contributed by atoms with E-state index in [4.69, 9.17) is 0 Å². The van der Waals surface area contributed by atoms with Crippen LogP contribution in [0.15, 0.2) is 24.3 Å². The van der Waals surface area contributed by atoms with E-state index in [1.807, 2.05) is 18.7 Å². The molecule has 2 heteroatoms. The standard InChI is InChI=1S/C15H21NO/c1-4-12-5-7-13(8-6-12)11-16-10-9-15(2,3)14(16)17/h5-8H,4,9-11H2,1-3H3. The Morgan fingerprint density at radius 2 is 1.76 bits per heavy atom. The van der Waals surface area contributed by atoms with Gasteiger partial charge in [-0.2, -0.15) is 0 Å². The molecule has 1 heterocycles. The highest BCUT2D eigenvalue weighted by Crippen LogP contribution is 2.31. The summed E-state index contributed by atoms with van der Waals surface area (Å²) in [6, 6.07) is 8.58. The molecule has 0 spiro atoms. The second-order valence-corrected chi connectivity index (χ2v) is 5.53. The first-order valence-electron chi connectivity index (χ1n) is 6.40. The molecule has 0 unspecified atom stereocenters. The van der Waals surface area contributed by atoms with Crippen molar-refractivity contribution in [2.75, 3.05) is 6.54 Å². The number of carbonyl (C=O) groups is 1. The molecule has 92 valence electrons. The predicted octanol–water partition coefficient (Wildman–Crippen LogP) is 3.01. The fourth-order valence-corrected chi connectivity index (χ4v) is 2.30. The molecule has 1 aliphatic rings. The zero-order valence-electron chi connectivity index (χ0n) is 11.0. The van der Waals surface area contributed by atoms with E-state index in [0.717, 1.165) is 25.9 Å². The molecule has 1 aromatic carbocycles. The number of benzene rings is 1. The van der Waals surface area contributed by atoms with Gasteiger partial charge in [-0.1, -0.05) is 45.0 Å². The van der Waals surface area contributed by atoms with Crippen molar-refractivity contribution in [1.29, 1.82) is 0 Å². The lowest BCUT2D eigenvalue weighted by Crippen LogP contribution is -2.30. The van der Waals surface area contributed by atoms with Crippen LogP contribution in [0, 0.1) is 5.41 Å². The lowest BCUT2D eigenvalue weighted by Gasteiger charge is -2.19. The zero-order valence-corrected chi connectivity index (χ0v) is 11.0. The van der Waals surface area contributed by atoms with Crippen LogP contribution in [0.25, 0.3) is 0 Å². The van der Waals surface area contributed by atoms with Gasteiger partial charge in [0.05, 0.1) is 0 Å². The number of hydrogen-bond donors (Lipinski definition) is 0. The summed E-state index contributed by atoms with van der Waals surface area (Å²) in [5, 5.41) is 0. The number of likely N-dealkylation sites (tertiary alicyclic amines) is 1. The van der Waals surface area contributed by atoms with Crippen molar-refractivity contribution >= 4 is 5.91 Å². The number of rotatable bonds is 3. The van der Waals surface area contributed by atoms with Gasteiger partial charge in [-0.15, -0.1) is 0 Å². The Morgan fingerprint density at radius 3 is 2.24 bits per heavy atom. The third-order valence-electron chi connectivity index (χ3n) is 3.68. The summed E-state index contributed by atoms with van der Waals surface area (Å²) < 4.78 is 0. The summed E-state index contributed by atoms with van der Waals surface area (Å²) in [7, 11) is 0. The van der Waals surface area contributed by atoms with E-state index in [2.05, 4.69) is 31.2 Å². The van der Waals surface area contributed by atoms with Crippen LogP contribution in [0.3, 0.4) is 0 Å². The van der Waals surface area contributed by atoms with Gasteiger partial charge < -0.3 is 4.90 Å². The lowest BCUT2D eigenvalue weighted by atomic mass is 9.92. The fraction of sp³-hybridized carbons (Fsp3) is 0.533. The summed E-state index contributed by atoms with van der Waals surface area (Å²) in [6.45, 7) is 7.88. The fourth-order valence-electron chi connectivity index (χ4n) is 2.30. The van der Waals surface area contributed by atoms with E-state index in [-0.39, 0.29) is 11.3 Å². The molecule has 1 amide bonds. The van der Waals surface area contributed by atoms with Gasteiger partial charge in [0.15, 0.2) is 0 Å². The first-order chi connectivity index (χ1) is 8.03. The van der Waals surface area contributed by atoms with Crippen LogP contribution in [0.5, 0.6) is 0 Å². The largest absolute Gasteiger partial charge is 0.338 e. The maximum absolute atomic E-state index is 12.1. The third kappa shape index (κ3) is 2.51. The summed E-state index contributed by atoms with van der Waals surface area (Å²) in [6.07, 6.45) is 2.04. The molecule has 0 aromatic heterocycles. The Balaban J connectivity index is 2.04. The van der Waals surface area contributed by atoms with E-state index < -0.39 is 0 Å². The van der Waals surface area contributed by atoms with Gasteiger partial charge in [0, 0.05) is 18.5 Å². The SMILES string of the molecule is CCc1ccc(CN2CCC(C)(C)C2=O)cc1. The van der Waals surface area contributed by atoms with Crippen LogP contribution in [0.2, 0.25) is 0 Å². The van der Waals surface area contributed by atoms with Gasteiger partial charge in [0.2, 0.25) is 5.91 Å². The molecule has 0 radical (unpaired) electrons. The summed E-state index contributed by atoms with van der Waals surface area (Å²) in [4.78, 5) is 14.1. The summed E-state index contributed by atoms with van der Waals surface area (Å²) in [5.74, 6) is 0.289. The Labute approximate surface area is 104 Å². The van der Waals surface area contributed by atoms with Gasteiger partial charge in [-0.05, 0) is 24.0 Å². The molecule has 0 aliphatic carbocycles. The molecule has 1 aliphatic heterocycles.